The first-order valence-electron chi connectivity index (χ1n) is 3.69. The molecule has 0 bridgehead atoms. The molecule has 1 rings (SSSR count). The molecule has 1 radical (unpaired) electrons. The minimum atomic E-state index is 0.623. The minimum absolute atomic E-state index is 0.623. The Morgan fingerprint density at radius 2 is 2.10 bits per heavy atom. The van der Waals surface area contributed by atoms with Gasteiger partial charge in [0.2, 0.25) is 0 Å². The summed E-state index contributed by atoms with van der Waals surface area (Å²) in [7, 11) is 0. The molecule has 0 aliphatic rings. The van der Waals surface area contributed by atoms with E-state index in [1.807, 2.05) is 12.1 Å². The highest BCUT2D eigenvalue weighted by Crippen LogP contribution is 2.16. The van der Waals surface area contributed by atoms with E-state index in [1.165, 1.54) is 11.1 Å². The van der Waals surface area contributed by atoms with Gasteiger partial charge >= 0.3 is 0 Å². The third kappa shape index (κ3) is 1.38. The van der Waals surface area contributed by atoms with Crippen LogP contribution in [0.5, 0.6) is 0 Å². The standard InChI is InChI=1S/C10H13/c1-8(2)10-7-5-4-6-9(10)3/h4-5,7-8H,1-3H3. The lowest BCUT2D eigenvalue weighted by Gasteiger charge is -2.07. The molecule has 0 N–H and O–H groups in total. The minimum Gasteiger partial charge on any atom is -0.0613 e. The molecule has 0 aliphatic heterocycles. The fraction of sp³-hybridized carbons (Fsp3) is 0.400. The van der Waals surface area contributed by atoms with Gasteiger partial charge in [-0.05, 0) is 30.0 Å². The van der Waals surface area contributed by atoms with E-state index in [-0.39, 0.29) is 0 Å². The molecule has 1 aromatic carbocycles. The smallest absolute Gasteiger partial charge is 0.0149 e. The lowest BCUT2D eigenvalue weighted by molar-refractivity contribution is 0.856. The topological polar surface area (TPSA) is 0 Å². The van der Waals surface area contributed by atoms with Crippen molar-refractivity contribution >= 4 is 0 Å². The molecule has 0 atom stereocenters. The molecule has 0 heterocycles. The number of aryl methyl sites for hydroxylation is 1. The molecule has 10 heavy (non-hydrogen) atoms. The summed E-state index contributed by atoms with van der Waals surface area (Å²) < 4.78 is 0. The Hall–Kier alpha value is -0.780. The van der Waals surface area contributed by atoms with E-state index in [2.05, 4.69) is 32.9 Å². The van der Waals surface area contributed by atoms with Crippen molar-refractivity contribution in [1.29, 1.82) is 0 Å². The fourth-order valence-corrected chi connectivity index (χ4v) is 1.16. The van der Waals surface area contributed by atoms with Crippen molar-refractivity contribution in [3.05, 3.63) is 35.4 Å². The Morgan fingerprint density at radius 1 is 1.40 bits per heavy atom. The fourth-order valence-electron chi connectivity index (χ4n) is 1.16. The third-order valence-corrected chi connectivity index (χ3v) is 1.73. The van der Waals surface area contributed by atoms with Gasteiger partial charge in [-0.3, -0.25) is 0 Å². The molecule has 0 spiro atoms. The highest BCUT2D eigenvalue weighted by Gasteiger charge is 1.99. The van der Waals surface area contributed by atoms with Crippen LogP contribution in [-0.4, -0.2) is 0 Å². The Bertz CT molecular complexity index is 211. The largest absolute Gasteiger partial charge is 0.0613 e. The summed E-state index contributed by atoms with van der Waals surface area (Å²) in [6.45, 7) is 6.52. The van der Waals surface area contributed by atoms with Gasteiger partial charge in [-0.2, -0.15) is 0 Å². The van der Waals surface area contributed by atoms with Gasteiger partial charge in [0.25, 0.3) is 0 Å². The maximum atomic E-state index is 3.18. The normalized spacial score (nSPS) is 10.4. The van der Waals surface area contributed by atoms with Crippen LogP contribution in [-0.2, 0) is 0 Å². The van der Waals surface area contributed by atoms with Crippen molar-refractivity contribution < 1.29 is 0 Å². The number of hydrogen-bond acceptors (Lipinski definition) is 0. The van der Waals surface area contributed by atoms with Crippen LogP contribution in [0, 0.1) is 13.0 Å². The molecule has 0 saturated heterocycles. The van der Waals surface area contributed by atoms with Crippen molar-refractivity contribution in [1.82, 2.24) is 0 Å². The van der Waals surface area contributed by atoms with Gasteiger partial charge in [0.15, 0.2) is 0 Å². The molecule has 0 aromatic heterocycles. The van der Waals surface area contributed by atoms with Crippen molar-refractivity contribution in [2.24, 2.45) is 0 Å². The van der Waals surface area contributed by atoms with Crippen LogP contribution < -0.4 is 0 Å². The van der Waals surface area contributed by atoms with E-state index >= 15 is 0 Å². The molecule has 0 amide bonds. The van der Waals surface area contributed by atoms with Gasteiger partial charge in [-0.25, -0.2) is 0 Å². The number of rotatable bonds is 1. The maximum Gasteiger partial charge on any atom is -0.0149 e. The summed E-state index contributed by atoms with van der Waals surface area (Å²) in [5.41, 5.74) is 2.68. The maximum absolute atomic E-state index is 3.18. The van der Waals surface area contributed by atoms with Crippen LogP contribution in [0.15, 0.2) is 18.2 Å². The van der Waals surface area contributed by atoms with Gasteiger partial charge < -0.3 is 0 Å². The second-order valence-corrected chi connectivity index (χ2v) is 2.91. The molecular weight excluding hydrogens is 120 g/mol. The van der Waals surface area contributed by atoms with Crippen molar-refractivity contribution in [2.75, 3.05) is 0 Å². The molecule has 0 aliphatic carbocycles. The zero-order chi connectivity index (χ0) is 7.56. The zero-order valence-electron chi connectivity index (χ0n) is 6.81. The summed E-state index contributed by atoms with van der Waals surface area (Å²) in [5, 5.41) is 0. The molecule has 0 saturated carbocycles. The molecule has 53 valence electrons. The van der Waals surface area contributed by atoms with Crippen LogP contribution in [0.25, 0.3) is 0 Å². The summed E-state index contributed by atoms with van der Waals surface area (Å²) in [4.78, 5) is 0. The van der Waals surface area contributed by atoms with Crippen molar-refractivity contribution in [2.45, 2.75) is 26.7 Å². The van der Waals surface area contributed by atoms with E-state index in [0.717, 1.165) is 0 Å². The van der Waals surface area contributed by atoms with Gasteiger partial charge in [-0.15, -0.1) is 0 Å². The number of benzene rings is 1. The summed E-state index contributed by atoms with van der Waals surface area (Å²) in [5.74, 6) is 0.623. The molecular formula is C10H13. The van der Waals surface area contributed by atoms with E-state index in [1.54, 1.807) is 0 Å². The van der Waals surface area contributed by atoms with Gasteiger partial charge in [-0.1, -0.05) is 32.0 Å². The van der Waals surface area contributed by atoms with E-state index < -0.39 is 0 Å². The lowest BCUT2D eigenvalue weighted by Crippen LogP contribution is -1.89. The Morgan fingerprint density at radius 3 is 2.50 bits per heavy atom. The highest BCUT2D eigenvalue weighted by molar-refractivity contribution is 5.26. The Kier molecular flexibility index (Phi) is 2.10. The highest BCUT2D eigenvalue weighted by atomic mass is 14.0. The molecule has 0 unspecified atom stereocenters. The average molecular weight is 133 g/mol. The van der Waals surface area contributed by atoms with Gasteiger partial charge in [0.05, 0.1) is 0 Å². The molecule has 0 nitrogen and oxygen atoms in total. The van der Waals surface area contributed by atoms with E-state index in [9.17, 15) is 0 Å². The summed E-state index contributed by atoms with van der Waals surface area (Å²) in [6.07, 6.45) is 0. The monoisotopic (exact) mass is 133 g/mol. The molecule has 0 fully saturated rings. The summed E-state index contributed by atoms with van der Waals surface area (Å²) >= 11 is 0. The predicted octanol–water partition coefficient (Wildman–Crippen LogP) is 2.92. The predicted molar refractivity (Wildman–Crippen MR) is 44.1 cm³/mol. The SMILES string of the molecule is Cc1[c]cccc1C(C)C. The number of hydrogen-bond donors (Lipinski definition) is 0. The van der Waals surface area contributed by atoms with Crippen molar-refractivity contribution in [3.63, 3.8) is 0 Å². The average Bonchev–Trinajstić information content (AvgIpc) is 1.88. The summed E-state index contributed by atoms with van der Waals surface area (Å²) in [6, 6.07) is 9.35. The second kappa shape index (κ2) is 2.87. The molecule has 0 heteroatoms. The van der Waals surface area contributed by atoms with E-state index in [0.29, 0.717) is 5.92 Å². The Balaban J connectivity index is 3.03. The van der Waals surface area contributed by atoms with Crippen LogP contribution in [0.2, 0.25) is 0 Å². The van der Waals surface area contributed by atoms with Crippen LogP contribution >= 0.6 is 0 Å². The lowest BCUT2D eigenvalue weighted by atomic mass is 9.99. The quantitative estimate of drug-likeness (QED) is 0.552. The second-order valence-electron chi connectivity index (χ2n) is 2.91. The third-order valence-electron chi connectivity index (χ3n) is 1.73. The Labute approximate surface area is 62.9 Å². The van der Waals surface area contributed by atoms with E-state index in [4.69, 9.17) is 0 Å². The van der Waals surface area contributed by atoms with Crippen LogP contribution in [0.1, 0.15) is 30.9 Å². The zero-order valence-corrected chi connectivity index (χ0v) is 6.81. The molecule has 1 aromatic rings. The first-order chi connectivity index (χ1) is 4.72. The first kappa shape index (κ1) is 7.33. The van der Waals surface area contributed by atoms with Gasteiger partial charge in [0.1, 0.15) is 0 Å². The first-order valence-corrected chi connectivity index (χ1v) is 3.69. The van der Waals surface area contributed by atoms with Crippen LogP contribution in [0.4, 0.5) is 0 Å². The van der Waals surface area contributed by atoms with Gasteiger partial charge in [0, 0.05) is 0 Å². The van der Waals surface area contributed by atoms with Crippen molar-refractivity contribution in [3.8, 4) is 0 Å². The van der Waals surface area contributed by atoms with Crippen LogP contribution in [0.3, 0.4) is 0 Å².